The number of thiophene rings is 1. The molecular formula is C14H20N2OS. The van der Waals surface area contributed by atoms with Crippen molar-refractivity contribution < 1.29 is 4.79 Å². The topological polar surface area (TPSA) is 46.3 Å². The maximum Gasteiger partial charge on any atom is 0.224 e. The Morgan fingerprint density at radius 3 is 2.94 bits per heavy atom. The van der Waals surface area contributed by atoms with E-state index in [1.54, 1.807) is 11.3 Å². The van der Waals surface area contributed by atoms with Gasteiger partial charge in [0.15, 0.2) is 0 Å². The molecule has 18 heavy (non-hydrogen) atoms. The normalized spacial score (nSPS) is 26.1. The molecule has 1 amide bonds. The van der Waals surface area contributed by atoms with Crippen molar-refractivity contribution in [1.29, 1.82) is 0 Å². The minimum Gasteiger partial charge on any atom is -0.336 e. The Bertz CT molecular complexity index is 425. The van der Waals surface area contributed by atoms with Gasteiger partial charge in [0.1, 0.15) is 0 Å². The molecule has 2 N–H and O–H groups in total. The average molecular weight is 264 g/mol. The second kappa shape index (κ2) is 4.67. The highest BCUT2D eigenvalue weighted by Gasteiger charge is 2.38. The number of nitrogens with two attached hydrogens (primary N) is 1. The predicted octanol–water partition coefficient (Wildman–Crippen LogP) is 2.68. The molecule has 1 aromatic rings. The molecule has 0 bridgehead atoms. The van der Waals surface area contributed by atoms with E-state index in [2.05, 4.69) is 21.7 Å². The van der Waals surface area contributed by atoms with Crippen LogP contribution >= 0.6 is 11.3 Å². The second-order valence-electron chi connectivity index (χ2n) is 5.69. The SMILES string of the molecule is NC1(CC(=O)N2CCCC2c2ccsc2)CCC1. The second-order valence-corrected chi connectivity index (χ2v) is 6.47. The number of nitrogens with zero attached hydrogens (tertiary/aromatic N) is 1. The first-order valence-electron chi connectivity index (χ1n) is 6.78. The van der Waals surface area contributed by atoms with Crippen LogP contribution in [0, 0.1) is 0 Å². The van der Waals surface area contributed by atoms with Crippen molar-refractivity contribution >= 4 is 17.2 Å². The lowest BCUT2D eigenvalue weighted by atomic mass is 9.75. The van der Waals surface area contributed by atoms with Gasteiger partial charge in [-0.1, -0.05) is 0 Å². The summed E-state index contributed by atoms with van der Waals surface area (Å²) in [5, 5.41) is 4.25. The summed E-state index contributed by atoms with van der Waals surface area (Å²) in [5.41, 5.74) is 7.29. The van der Waals surface area contributed by atoms with Crippen LogP contribution in [-0.2, 0) is 4.79 Å². The third-order valence-corrected chi connectivity index (χ3v) is 5.06. The summed E-state index contributed by atoms with van der Waals surface area (Å²) in [6.07, 6.45) is 5.95. The lowest BCUT2D eigenvalue weighted by Gasteiger charge is -2.39. The van der Waals surface area contributed by atoms with Gasteiger partial charge in [-0.15, -0.1) is 0 Å². The van der Waals surface area contributed by atoms with Gasteiger partial charge >= 0.3 is 0 Å². The number of hydrogen-bond donors (Lipinski definition) is 1. The molecule has 0 aromatic carbocycles. The maximum absolute atomic E-state index is 12.4. The number of carbonyl (C=O) groups excluding carboxylic acids is 1. The first kappa shape index (κ1) is 12.2. The van der Waals surface area contributed by atoms with E-state index < -0.39 is 0 Å². The zero-order chi connectivity index (χ0) is 12.6. The fraction of sp³-hybridized carbons (Fsp3) is 0.643. The summed E-state index contributed by atoms with van der Waals surface area (Å²) < 4.78 is 0. The summed E-state index contributed by atoms with van der Waals surface area (Å²) in [4.78, 5) is 14.5. The molecule has 4 heteroatoms. The molecule has 1 saturated heterocycles. The Morgan fingerprint density at radius 2 is 2.33 bits per heavy atom. The minimum atomic E-state index is -0.196. The van der Waals surface area contributed by atoms with E-state index in [0.29, 0.717) is 12.5 Å². The lowest BCUT2D eigenvalue weighted by molar-refractivity contribution is -0.134. The highest BCUT2D eigenvalue weighted by atomic mass is 32.1. The molecule has 0 spiro atoms. The van der Waals surface area contributed by atoms with Crippen LogP contribution in [-0.4, -0.2) is 22.9 Å². The minimum absolute atomic E-state index is 0.196. The van der Waals surface area contributed by atoms with Crippen LogP contribution in [0.15, 0.2) is 16.8 Å². The zero-order valence-corrected chi connectivity index (χ0v) is 11.4. The van der Waals surface area contributed by atoms with Crippen molar-refractivity contribution in [3.63, 3.8) is 0 Å². The van der Waals surface area contributed by atoms with Gasteiger partial charge in [-0.05, 0) is 54.5 Å². The van der Waals surface area contributed by atoms with Crippen LogP contribution in [0.25, 0.3) is 0 Å². The highest BCUT2D eigenvalue weighted by Crippen LogP contribution is 2.37. The smallest absolute Gasteiger partial charge is 0.224 e. The Labute approximate surface area is 112 Å². The Balaban J connectivity index is 1.69. The molecule has 1 aliphatic carbocycles. The van der Waals surface area contributed by atoms with Gasteiger partial charge in [-0.2, -0.15) is 11.3 Å². The molecule has 2 aliphatic rings. The summed E-state index contributed by atoms with van der Waals surface area (Å²) in [6.45, 7) is 0.898. The zero-order valence-electron chi connectivity index (χ0n) is 10.6. The van der Waals surface area contributed by atoms with Crippen molar-refractivity contribution in [3.8, 4) is 0 Å². The number of rotatable bonds is 3. The van der Waals surface area contributed by atoms with E-state index in [0.717, 1.165) is 32.2 Å². The number of hydrogen-bond acceptors (Lipinski definition) is 3. The molecule has 2 heterocycles. The largest absolute Gasteiger partial charge is 0.336 e. The standard InChI is InChI=1S/C14H20N2OS/c15-14(5-2-6-14)9-13(17)16-7-1-3-12(16)11-4-8-18-10-11/h4,8,10,12H,1-3,5-7,9,15H2. The molecular weight excluding hydrogens is 244 g/mol. The average Bonchev–Trinajstić information content (AvgIpc) is 2.97. The molecule has 1 aliphatic heterocycles. The Morgan fingerprint density at radius 1 is 1.50 bits per heavy atom. The van der Waals surface area contributed by atoms with Crippen molar-refractivity contribution in [2.24, 2.45) is 5.73 Å². The molecule has 1 atom stereocenters. The van der Waals surface area contributed by atoms with E-state index in [4.69, 9.17) is 5.73 Å². The summed E-state index contributed by atoms with van der Waals surface area (Å²) in [7, 11) is 0. The fourth-order valence-electron chi connectivity index (χ4n) is 3.09. The molecule has 1 saturated carbocycles. The maximum atomic E-state index is 12.4. The van der Waals surface area contributed by atoms with E-state index in [1.807, 2.05) is 0 Å². The lowest BCUT2D eigenvalue weighted by Crippen LogP contribution is -2.50. The highest BCUT2D eigenvalue weighted by molar-refractivity contribution is 7.07. The number of likely N-dealkylation sites (tertiary alicyclic amines) is 1. The molecule has 1 unspecified atom stereocenters. The van der Waals surface area contributed by atoms with Crippen molar-refractivity contribution in [3.05, 3.63) is 22.4 Å². The van der Waals surface area contributed by atoms with E-state index in [1.165, 1.54) is 12.0 Å². The first-order valence-corrected chi connectivity index (χ1v) is 7.73. The van der Waals surface area contributed by atoms with E-state index >= 15 is 0 Å². The quantitative estimate of drug-likeness (QED) is 0.912. The van der Waals surface area contributed by atoms with Crippen molar-refractivity contribution in [1.82, 2.24) is 4.90 Å². The third-order valence-electron chi connectivity index (χ3n) is 4.35. The Kier molecular flexibility index (Phi) is 3.16. The molecule has 2 fully saturated rings. The van der Waals surface area contributed by atoms with E-state index in [-0.39, 0.29) is 11.4 Å². The van der Waals surface area contributed by atoms with Gasteiger partial charge in [0.2, 0.25) is 5.91 Å². The van der Waals surface area contributed by atoms with Crippen LogP contribution in [0.5, 0.6) is 0 Å². The van der Waals surface area contributed by atoms with Crippen LogP contribution < -0.4 is 5.73 Å². The molecule has 98 valence electrons. The number of amides is 1. The predicted molar refractivity (Wildman–Crippen MR) is 73.4 cm³/mol. The fourth-order valence-corrected chi connectivity index (χ4v) is 3.79. The third kappa shape index (κ3) is 2.19. The van der Waals surface area contributed by atoms with Crippen LogP contribution in [0.2, 0.25) is 0 Å². The van der Waals surface area contributed by atoms with Gasteiger partial charge < -0.3 is 10.6 Å². The van der Waals surface area contributed by atoms with Gasteiger partial charge in [0.05, 0.1) is 6.04 Å². The van der Waals surface area contributed by atoms with Crippen LogP contribution in [0.1, 0.15) is 50.1 Å². The first-order chi connectivity index (χ1) is 8.68. The molecule has 1 aromatic heterocycles. The molecule has 3 nitrogen and oxygen atoms in total. The van der Waals surface area contributed by atoms with Gasteiger partial charge in [-0.25, -0.2) is 0 Å². The summed E-state index contributed by atoms with van der Waals surface area (Å²) >= 11 is 1.71. The Hall–Kier alpha value is -0.870. The van der Waals surface area contributed by atoms with E-state index in [9.17, 15) is 4.79 Å². The van der Waals surface area contributed by atoms with Gasteiger partial charge in [-0.3, -0.25) is 4.79 Å². The molecule has 0 radical (unpaired) electrons. The number of carbonyl (C=O) groups is 1. The van der Waals surface area contributed by atoms with Gasteiger partial charge in [0.25, 0.3) is 0 Å². The molecule has 3 rings (SSSR count). The van der Waals surface area contributed by atoms with Crippen LogP contribution in [0.4, 0.5) is 0 Å². The van der Waals surface area contributed by atoms with Crippen LogP contribution in [0.3, 0.4) is 0 Å². The summed E-state index contributed by atoms with van der Waals surface area (Å²) in [6, 6.07) is 2.44. The van der Waals surface area contributed by atoms with Gasteiger partial charge in [0, 0.05) is 18.5 Å². The van der Waals surface area contributed by atoms with Crippen molar-refractivity contribution in [2.45, 2.75) is 50.1 Å². The monoisotopic (exact) mass is 264 g/mol. The van der Waals surface area contributed by atoms with Crippen molar-refractivity contribution in [2.75, 3.05) is 6.54 Å². The summed E-state index contributed by atoms with van der Waals surface area (Å²) in [5.74, 6) is 0.255.